The van der Waals surface area contributed by atoms with E-state index in [-0.39, 0.29) is 11.5 Å². The minimum absolute atomic E-state index is 0.265. The van der Waals surface area contributed by atoms with Crippen LogP contribution >= 0.6 is 23.8 Å². The smallest absolute Gasteiger partial charge is 0.395 e. The van der Waals surface area contributed by atoms with Crippen LogP contribution in [0.5, 0.6) is 11.5 Å². The van der Waals surface area contributed by atoms with Crippen molar-refractivity contribution in [2.45, 2.75) is 0 Å². The Balaban J connectivity index is 1.91. The molecule has 0 saturated carbocycles. The summed E-state index contributed by atoms with van der Waals surface area (Å²) in [5.74, 6) is 0.535. The second-order valence-electron chi connectivity index (χ2n) is 4.94. The van der Waals surface area contributed by atoms with Crippen LogP contribution in [0.2, 0.25) is 0 Å². The number of phosphoric ester groups is 1. The van der Waals surface area contributed by atoms with Crippen LogP contribution in [0.1, 0.15) is 0 Å². The molecule has 3 aromatic rings. The molecule has 0 aromatic heterocycles. The molecular weight excluding hydrogens is 391 g/mol. The van der Waals surface area contributed by atoms with Gasteiger partial charge in [-0.1, -0.05) is 70.5 Å². The minimum Gasteiger partial charge on any atom is -0.395 e. The molecule has 0 radical (unpaired) electrons. The number of hydrogen-bond donors (Lipinski definition) is 1. The van der Waals surface area contributed by atoms with E-state index in [2.05, 4.69) is 15.9 Å². The first-order valence-electron chi connectivity index (χ1n) is 7.16. The van der Waals surface area contributed by atoms with Crippen LogP contribution in [0.4, 0.5) is 0 Å². The van der Waals surface area contributed by atoms with Gasteiger partial charge in [-0.05, 0) is 29.8 Å². The van der Waals surface area contributed by atoms with Crippen LogP contribution < -0.4 is 9.05 Å². The lowest BCUT2D eigenvalue weighted by Gasteiger charge is -2.16. The topological polar surface area (TPSA) is 55.8 Å². The second kappa shape index (κ2) is 7.22. The molecule has 0 saturated heterocycles. The van der Waals surface area contributed by atoms with Crippen LogP contribution in [0.25, 0.3) is 11.1 Å². The van der Waals surface area contributed by atoms with Gasteiger partial charge in [0.2, 0.25) is 0 Å². The lowest BCUT2D eigenvalue weighted by molar-refractivity contribution is 0.291. The van der Waals surface area contributed by atoms with Crippen molar-refractivity contribution in [2.24, 2.45) is 0 Å². The van der Waals surface area contributed by atoms with Crippen LogP contribution in [0.3, 0.4) is 0 Å². The molecule has 3 rings (SSSR count). The average Bonchev–Trinajstić information content (AvgIpc) is 2.56. The standard InChI is InChI=1S/C18H14BrO4P/c19-17-12-6-4-10-15(17)16-11-5-7-13-18(16)23-24(20,21)22-14-8-2-1-3-9-14/h1-13H,(H,20,21). The molecule has 1 unspecified atom stereocenters. The summed E-state index contributed by atoms with van der Waals surface area (Å²) >= 11 is 3.48. The van der Waals surface area contributed by atoms with Gasteiger partial charge in [0.1, 0.15) is 11.5 Å². The summed E-state index contributed by atoms with van der Waals surface area (Å²) in [5.41, 5.74) is 1.55. The Morgan fingerprint density at radius 3 is 2.04 bits per heavy atom. The van der Waals surface area contributed by atoms with Gasteiger partial charge in [0.25, 0.3) is 0 Å². The number of phosphoric acid groups is 1. The summed E-state index contributed by atoms with van der Waals surface area (Å²) in [5, 5.41) is 0. The van der Waals surface area contributed by atoms with Crippen molar-refractivity contribution in [3.8, 4) is 22.6 Å². The van der Waals surface area contributed by atoms with Gasteiger partial charge in [0.15, 0.2) is 0 Å². The van der Waals surface area contributed by atoms with Crippen LogP contribution in [-0.2, 0) is 4.57 Å². The van der Waals surface area contributed by atoms with E-state index in [4.69, 9.17) is 9.05 Å². The Kier molecular flexibility index (Phi) is 5.05. The SMILES string of the molecule is O=P(O)(Oc1ccccc1)Oc1ccccc1-c1ccccc1Br. The van der Waals surface area contributed by atoms with Crippen molar-refractivity contribution < 1.29 is 18.5 Å². The lowest BCUT2D eigenvalue weighted by atomic mass is 10.1. The predicted molar refractivity (Wildman–Crippen MR) is 97.1 cm³/mol. The maximum atomic E-state index is 12.3. The maximum Gasteiger partial charge on any atom is 0.584 e. The van der Waals surface area contributed by atoms with Crippen molar-refractivity contribution >= 4 is 23.8 Å². The first-order chi connectivity index (χ1) is 11.6. The van der Waals surface area contributed by atoms with Gasteiger partial charge < -0.3 is 9.05 Å². The van der Waals surface area contributed by atoms with Gasteiger partial charge in [-0.15, -0.1) is 0 Å². The molecule has 0 bridgehead atoms. The molecule has 4 nitrogen and oxygen atoms in total. The molecule has 6 heteroatoms. The molecule has 0 spiro atoms. The first kappa shape index (κ1) is 16.8. The van der Waals surface area contributed by atoms with Crippen molar-refractivity contribution in [1.82, 2.24) is 0 Å². The number of para-hydroxylation sites is 2. The summed E-state index contributed by atoms with van der Waals surface area (Å²) in [7, 11) is -4.31. The second-order valence-corrected chi connectivity index (χ2v) is 7.10. The van der Waals surface area contributed by atoms with Crippen molar-refractivity contribution in [2.75, 3.05) is 0 Å². The van der Waals surface area contributed by atoms with Gasteiger partial charge >= 0.3 is 7.82 Å². The summed E-state index contributed by atoms with van der Waals surface area (Å²) in [4.78, 5) is 10.1. The zero-order valence-electron chi connectivity index (χ0n) is 12.5. The summed E-state index contributed by atoms with van der Waals surface area (Å²) in [6.07, 6.45) is 0. The maximum absolute atomic E-state index is 12.3. The summed E-state index contributed by atoms with van der Waals surface area (Å²) in [6.45, 7) is 0. The third kappa shape index (κ3) is 4.06. The third-order valence-electron chi connectivity index (χ3n) is 3.23. The van der Waals surface area contributed by atoms with E-state index in [0.717, 1.165) is 10.0 Å². The van der Waals surface area contributed by atoms with Crippen molar-refractivity contribution in [1.29, 1.82) is 0 Å². The quantitative estimate of drug-likeness (QED) is 0.556. The highest BCUT2D eigenvalue weighted by Gasteiger charge is 2.26. The van der Waals surface area contributed by atoms with E-state index in [9.17, 15) is 9.46 Å². The molecular formula is C18H14BrO4P. The number of rotatable bonds is 5. The number of benzene rings is 3. The van der Waals surface area contributed by atoms with E-state index >= 15 is 0 Å². The minimum atomic E-state index is -4.31. The fourth-order valence-corrected chi connectivity index (χ4v) is 3.54. The van der Waals surface area contributed by atoms with Crippen LogP contribution in [0, 0.1) is 0 Å². The first-order valence-corrected chi connectivity index (χ1v) is 9.45. The molecule has 0 aliphatic rings. The molecule has 24 heavy (non-hydrogen) atoms. The Labute approximate surface area is 148 Å². The van der Waals surface area contributed by atoms with Crippen molar-refractivity contribution in [3.63, 3.8) is 0 Å². The van der Waals surface area contributed by atoms with Gasteiger partial charge in [-0.2, -0.15) is 0 Å². The molecule has 1 atom stereocenters. The zero-order valence-corrected chi connectivity index (χ0v) is 15.0. The monoisotopic (exact) mass is 404 g/mol. The molecule has 3 aromatic carbocycles. The summed E-state index contributed by atoms with van der Waals surface area (Å²) < 4.78 is 23.6. The number of hydrogen-bond acceptors (Lipinski definition) is 3. The third-order valence-corrected chi connectivity index (χ3v) is 4.79. The van der Waals surface area contributed by atoms with E-state index in [0.29, 0.717) is 5.56 Å². The fourth-order valence-electron chi connectivity index (χ4n) is 2.21. The van der Waals surface area contributed by atoms with E-state index in [1.807, 2.05) is 36.4 Å². The lowest BCUT2D eigenvalue weighted by Crippen LogP contribution is -2.00. The van der Waals surface area contributed by atoms with E-state index in [1.165, 1.54) is 0 Å². The average molecular weight is 405 g/mol. The predicted octanol–water partition coefficient (Wildman–Crippen LogP) is 5.67. The molecule has 0 aliphatic heterocycles. The largest absolute Gasteiger partial charge is 0.584 e. The Morgan fingerprint density at radius 2 is 1.33 bits per heavy atom. The molecule has 0 heterocycles. The van der Waals surface area contributed by atoms with E-state index in [1.54, 1.807) is 42.5 Å². The summed E-state index contributed by atoms with van der Waals surface area (Å²) in [6, 6.07) is 23.0. The van der Waals surface area contributed by atoms with E-state index < -0.39 is 7.82 Å². The zero-order chi connectivity index (χ0) is 17.0. The van der Waals surface area contributed by atoms with Crippen LogP contribution in [0.15, 0.2) is 83.3 Å². The number of halogens is 1. The highest BCUT2D eigenvalue weighted by Crippen LogP contribution is 2.47. The Bertz CT molecular complexity index is 883. The van der Waals surface area contributed by atoms with Gasteiger partial charge in [0.05, 0.1) is 0 Å². The molecule has 0 aliphatic carbocycles. The fraction of sp³-hybridized carbons (Fsp3) is 0. The van der Waals surface area contributed by atoms with Gasteiger partial charge in [-0.3, -0.25) is 4.89 Å². The Morgan fingerprint density at radius 1 is 0.750 bits per heavy atom. The van der Waals surface area contributed by atoms with Crippen molar-refractivity contribution in [3.05, 3.63) is 83.3 Å². The molecule has 122 valence electrons. The molecule has 1 N–H and O–H groups in total. The molecule has 0 amide bonds. The van der Waals surface area contributed by atoms with Gasteiger partial charge in [0, 0.05) is 10.0 Å². The normalized spacial score (nSPS) is 13.1. The molecule has 0 fully saturated rings. The highest BCUT2D eigenvalue weighted by atomic mass is 79.9. The van der Waals surface area contributed by atoms with Gasteiger partial charge in [-0.25, -0.2) is 4.57 Å². The Hall–Kier alpha value is -2.07. The van der Waals surface area contributed by atoms with Crippen LogP contribution in [-0.4, -0.2) is 4.89 Å². The highest BCUT2D eigenvalue weighted by molar-refractivity contribution is 9.10.